The van der Waals surface area contributed by atoms with Crippen molar-refractivity contribution in [1.82, 2.24) is 0 Å². The number of hydrogen-bond donors (Lipinski definition) is 1. The molecule has 0 heterocycles. The molecule has 2 aliphatic rings. The van der Waals surface area contributed by atoms with Gasteiger partial charge in [0.25, 0.3) is 6.04 Å². The molecule has 4 unspecified atom stereocenters. The lowest BCUT2D eigenvalue weighted by molar-refractivity contribution is -0.981. The smallest absolute Gasteiger partial charge is 0.377 e. The second-order valence-corrected chi connectivity index (χ2v) is 9.87. The number of ether oxygens (including phenoxy) is 2. The minimum atomic E-state index is -0.955. The van der Waals surface area contributed by atoms with Gasteiger partial charge in [-0.2, -0.15) is 0 Å². The Bertz CT molecular complexity index is 569. The predicted molar refractivity (Wildman–Crippen MR) is 104 cm³/mol. The first-order valence-corrected chi connectivity index (χ1v) is 10.3. The Morgan fingerprint density at radius 1 is 1.07 bits per heavy atom. The summed E-state index contributed by atoms with van der Waals surface area (Å²) in [7, 11) is 8.42. The molecule has 0 aromatic carbocycles. The molecular formula is C21H40N2O4+2. The Morgan fingerprint density at radius 2 is 1.56 bits per heavy atom. The van der Waals surface area contributed by atoms with Crippen LogP contribution in [0.4, 0.5) is 0 Å². The van der Waals surface area contributed by atoms with Crippen molar-refractivity contribution in [3.05, 3.63) is 0 Å². The number of fused-ring (bicyclic) bond motifs is 2. The lowest BCUT2D eigenvalue weighted by Crippen LogP contribution is -3.13. The minimum absolute atomic E-state index is 0.0420. The maximum atomic E-state index is 12.9. The van der Waals surface area contributed by atoms with Gasteiger partial charge in [-0.3, -0.25) is 4.48 Å². The monoisotopic (exact) mass is 384 g/mol. The molecule has 156 valence electrons. The highest BCUT2D eigenvalue weighted by atomic mass is 16.6. The number of nitrogens with zero attached hydrogens (tertiary/aromatic N) is 1. The van der Waals surface area contributed by atoms with E-state index in [1.165, 1.54) is 11.3 Å². The number of hydrogen-bond acceptors (Lipinski definition) is 4. The molecule has 0 spiro atoms. The fourth-order valence-corrected chi connectivity index (χ4v) is 6.44. The quantitative estimate of drug-likeness (QED) is 0.402. The number of nitrogens with one attached hydrogen (secondary N) is 1. The first-order chi connectivity index (χ1) is 12.4. The van der Waals surface area contributed by atoms with Crippen LogP contribution in [0.1, 0.15) is 47.5 Å². The van der Waals surface area contributed by atoms with Gasteiger partial charge < -0.3 is 14.4 Å². The van der Waals surface area contributed by atoms with Crippen LogP contribution in [-0.2, 0) is 19.1 Å². The van der Waals surface area contributed by atoms with Gasteiger partial charge in [0, 0.05) is 11.3 Å². The Kier molecular flexibility index (Phi) is 6.04. The minimum Gasteiger partial charge on any atom is -0.461 e. The molecule has 2 aliphatic carbocycles. The third-order valence-corrected chi connectivity index (χ3v) is 7.87. The van der Waals surface area contributed by atoms with Gasteiger partial charge in [0.2, 0.25) is 0 Å². The molecule has 0 aliphatic heterocycles. The normalized spacial score (nSPS) is 32.2. The summed E-state index contributed by atoms with van der Waals surface area (Å²) in [4.78, 5) is 27.1. The van der Waals surface area contributed by atoms with Crippen molar-refractivity contribution in [2.24, 2.45) is 16.7 Å². The van der Waals surface area contributed by atoms with E-state index in [0.717, 1.165) is 6.42 Å². The van der Waals surface area contributed by atoms with Crippen LogP contribution in [-0.4, -0.2) is 76.0 Å². The van der Waals surface area contributed by atoms with Gasteiger partial charge in [0.05, 0.1) is 41.4 Å². The summed E-state index contributed by atoms with van der Waals surface area (Å²) < 4.78 is 10.9. The molecule has 2 fully saturated rings. The van der Waals surface area contributed by atoms with E-state index in [9.17, 15) is 9.59 Å². The van der Waals surface area contributed by atoms with Crippen molar-refractivity contribution >= 4 is 11.9 Å². The predicted octanol–water partition coefficient (Wildman–Crippen LogP) is 0.895. The van der Waals surface area contributed by atoms with Crippen molar-refractivity contribution in [3.63, 3.8) is 0 Å². The Labute approximate surface area is 164 Å². The Morgan fingerprint density at radius 3 is 1.96 bits per heavy atom. The maximum absolute atomic E-state index is 12.9. The highest BCUT2D eigenvalue weighted by Gasteiger charge is 2.75. The first-order valence-electron chi connectivity index (χ1n) is 10.3. The van der Waals surface area contributed by atoms with Gasteiger partial charge in [0.15, 0.2) is 0 Å². The molecule has 2 bridgehead atoms. The van der Waals surface area contributed by atoms with Gasteiger partial charge in [-0.15, -0.1) is 0 Å². The van der Waals surface area contributed by atoms with Crippen LogP contribution >= 0.6 is 0 Å². The average molecular weight is 385 g/mol. The van der Waals surface area contributed by atoms with Gasteiger partial charge in [-0.1, -0.05) is 20.8 Å². The fourth-order valence-electron chi connectivity index (χ4n) is 6.44. The number of carbonyl (C=O) groups excluding carboxylic acids is 2. The number of carbonyl (C=O) groups is 2. The van der Waals surface area contributed by atoms with Gasteiger partial charge in [-0.05, 0) is 32.1 Å². The second-order valence-electron chi connectivity index (χ2n) is 9.87. The fraction of sp³-hybridized carbons (Fsp3) is 0.905. The lowest BCUT2D eigenvalue weighted by Gasteiger charge is -2.50. The van der Waals surface area contributed by atoms with Crippen LogP contribution in [0, 0.1) is 16.7 Å². The number of likely N-dealkylation sites (N-methyl/N-ethyl adjacent to an activating group) is 2. The summed E-state index contributed by atoms with van der Waals surface area (Å²) >= 11 is 0. The third kappa shape index (κ3) is 3.19. The van der Waals surface area contributed by atoms with Crippen LogP contribution in [0.15, 0.2) is 0 Å². The molecular weight excluding hydrogens is 344 g/mol. The van der Waals surface area contributed by atoms with Gasteiger partial charge in [0.1, 0.15) is 12.1 Å². The molecule has 6 heteroatoms. The van der Waals surface area contributed by atoms with E-state index < -0.39 is 18.0 Å². The molecule has 0 aromatic rings. The van der Waals surface area contributed by atoms with Crippen LogP contribution < -0.4 is 4.90 Å². The second kappa shape index (κ2) is 7.36. The molecule has 6 nitrogen and oxygen atoms in total. The number of quaternary nitrogens is 2. The standard InChI is InChI=1S/C21H39N2O4/c1-10-26-18(24)16(19(25)27-11-2)23(8,9)17-15(22(6)7)14-12-13-21(17,5)20(14,3)4/h14-17H,10-13H2,1-9H3/q+1/p+1. The number of esters is 2. The highest BCUT2D eigenvalue weighted by Crippen LogP contribution is 2.66. The van der Waals surface area contributed by atoms with E-state index in [1.807, 2.05) is 14.1 Å². The largest absolute Gasteiger partial charge is 0.461 e. The summed E-state index contributed by atoms with van der Waals surface area (Å²) in [5, 5.41) is 0. The van der Waals surface area contributed by atoms with Crippen molar-refractivity contribution in [3.8, 4) is 0 Å². The van der Waals surface area contributed by atoms with E-state index >= 15 is 0 Å². The van der Waals surface area contributed by atoms with Gasteiger partial charge >= 0.3 is 11.9 Å². The average Bonchev–Trinajstić information content (AvgIpc) is 2.86. The van der Waals surface area contributed by atoms with E-state index in [-0.39, 0.29) is 34.6 Å². The van der Waals surface area contributed by atoms with Crippen LogP contribution in [0.2, 0.25) is 0 Å². The van der Waals surface area contributed by atoms with E-state index in [4.69, 9.17) is 9.47 Å². The zero-order valence-electron chi connectivity index (χ0n) is 18.7. The molecule has 4 atom stereocenters. The SMILES string of the molecule is CCOC(=O)C(C(=O)OCC)[N+](C)(C)C1C([NH+](C)C)C2CCC1(C)C2(C)C. The van der Waals surface area contributed by atoms with Crippen molar-refractivity contribution < 1.29 is 28.4 Å². The molecule has 2 rings (SSSR count). The zero-order chi connectivity index (χ0) is 20.8. The molecule has 2 saturated carbocycles. The summed E-state index contributed by atoms with van der Waals surface area (Å²) in [6, 6.07) is -0.418. The topological polar surface area (TPSA) is 57.0 Å². The van der Waals surface area contributed by atoms with Crippen LogP contribution in [0.5, 0.6) is 0 Å². The molecule has 1 N–H and O–H groups in total. The van der Waals surface area contributed by atoms with Crippen molar-refractivity contribution in [1.29, 1.82) is 0 Å². The molecule has 27 heavy (non-hydrogen) atoms. The summed E-state index contributed by atoms with van der Waals surface area (Å²) in [6.45, 7) is 11.1. The van der Waals surface area contributed by atoms with Crippen molar-refractivity contribution in [2.75, 3.05) is 41.4 Å². The molecule has 0 saturated heterocycles. The molecule has 0 amide bonds. The van der Waals surface area contributed by atoms with Crippen molar-refractivity contribution in [2.45, 2.75) is 65.6 Å². The lowest BCUT2D eigenvalue weighted by atomic mass is 9.68. The zero-order valence-corrected chi connectivity index (χ0v) is 18.7. The Hall–Kier alpha value is -1.14. The summed E-state index contributed by atoms with van der Waals surface area (Å²) in [5.41, 5.74) is 0.198. The highest BCUT2D eigenvalue weighted by molar-refractivity contribution is 5.97. The first kappa shape index (κ1) is 22.2. The maximum Gasteiger partial charge on any atom is 0.377 e. The van der Waals surface area contributed by atoms with E-state index in [0.29, 0.717) is 12.0 Å². The van der Waals surface area contributed by atoms with Gasteiger partial charge in [-0.25, -0.2) is 9.59 Å². The third-order valence-electron chi connectivity index (χ3n) is 7.87. The molecule has 0 radical (unpaired) electrons. The molecule has 0 aromatic heterocycles. The van der Waals surface area contributed by atoms with E-state index in [2.05, 4.69) is 34.9 Å². The van der Waals surface area contributed by atoms with E-state index in [1.54, 1.807) is 13.8 Å². The van der Waals surface area contributed by atoms with Crippen LogP contribution in [0.3, 0.4) is 0 Å². The number of rotatable bonds is 7. The van der Waals surface area contributed by atoms with Crippen LogP contribution in [0.25, 0.3) is 0 Å². The Balaban J connectivity index is 2.55. The summed E-state index contributed by atoms with van der Waals surface area (Å²) in [5.74, 6) is -0.379. The summed E-state index contributed by atoms with van der Waals surface area (Å²) in [6.07, 6.45) is 2.33.